The second kappa shape index (κ2) is 10.2. The minimum Gasteiger partial charge on any atom is -0.338 e. The van der Waals surface area contributed by atoms with Crippen LogP contribution in [0.2, 0.25) is 0 Å². The standard InChI is InChI=1S/C25H28N4O3S2/c1-4-29(21-13-14-34(31,32)16-21)22(30)15-33-25-26-23(19-9-5-17(2)6-10-19)24(27-28-25)20-11-7-18(3)8-12-20/h5-12,21H,4,13-16H2,1-3H3/t21-/m1/s1. The fourth-order valence-electron chi connectivity index (χ4n) is 4.06. The van der Waals surface area contributed by atoms with E-state index in [2.05, 4.69) is 10.2 Å². The Hall–Kier alpha value is -2.78. The summed E-state index contributed by atoms with van der Waals surface area (Å²) >= 11 is 1.22. The van der Waals surface area contributed by atoms with Crippen molar-refractivity contribution in [3.63, 3.8) is 0 Å². The van der Waals surface area contributed by atoms with Gasteiger partial charge in [0.25, 0.3) is 0 Å². The first-order valence-electron chi connectivity index (χ1n) is 11.3. The predicted molar refractivity (Wildman–Crippen MR) is 135 cm³/mol. The van der Waals surface area contributed by atoms with Gasteiger partial charge in [-0.05, 0) is 27.2 Å². The number of aromatic nitrogens is 3. The molecule has 34 heavy (non-hydrogen) atoms. The van der Waals surface area contributed by atoms with E-state index in [1.54, 1.807) is 4.90 Å². The summed E-state index contributed by atoms with van der Waals surface area (Å²) in [5.74, 6) is 0.196. The second-order valence-corrected chi connectivity index (χ2v) is 11.7. The summed E-state index contributed by atoms with van der Waals surface area (Å²) in [4.78, 5) is 19.3. The van der Waals surface area contributed by atoms with Gasteiger partial charge in [-0.15, -0.1) is 10.2 Å². The van der Waals surface area contributed by atoms with Gasteiger partial charge in [0.1, 0.15) is 11.4 Å². The fourth-order valence-corrected chi connectivity index (χ4v) is 6.46. The largest absolute Gasteiger partial charge is 0.338 e. The van der Waals surface area contributed by atoms with Crippen LogP contribution in [0.4, 0.5) is 0 Å². The minimum atomic E-state index is -3.06. The molecule has 0 radical (unpaired) electrons. The van der Waals surface area contributed by atoms with Crippen LogP contribution in [-0.4, -0.2) is 64.3 Å². The zero-order valence-electron chi connectivity index (χ0n) is 19.6. The molecule has 0 unspecified atom stereocenters. The predicted octanol–water partition coefficient (Wildman–Crippen LogP) is 3.95. The molecule has 1 aliphatic rings. The van der Waals surface area contributed by atoms with Crippen molar-refractivity contribution in [1.29, 1.82) is 0 Å². The number of rotatable bonds is 7. The quantitative estimate of drug-likeness (QED) is 0.457. The normalized spacial score (nSPS) is 17.0. The number of benzene rings is 2. The Labute approximate surface area is 204 Å². The molecule has 7 nitrogen and oxygen atoms in total. The maximum Gasteiger partial charge on any atom is 0.233 e. The van der Waals surface area contributed by atoms with Crippen LogP contribution in [0.3, 0.4) is 0 Å². The number of hydrogen-bond donors (Lipinski definition) is 0. The topological polar surface area (TPSA) is 93.1 Å². The van der Waals surface area contributed by atoms with Gasteiger partial charge in [-0.3, -0.25) is 4.79 Å². The van der Waals surface area contributed by atoms with Crippen LogP contribution in [0.5, 0.6) is 0 Å². The van der Waals surface area contributed by atoms with Crippen molar-refractivity contribution in [2.45, 2.75) is 38.4 Å². The van der Waals surface area contributed by atoms with E-state index in [4.69, 9.17) is 4.98 Å². The molecule has 1 aliphatic heterocycles. The van der Waals surface area contributed by atoms with Crippen molar-refractivity contribution in [1.82, 2.24) is 20.1 Å². The highest BCUT2D eigenvalue weighted by Gasteiger charge is 2.33. The Morgan fingerprint density at radius 2 is 1.56 bits per heavy atom. The summed E-state index contributed by atoms with van der Waals surface area (Å²) in [5, 5.41) is 9.19. The molecule has 0 bridgehead atoms. The van der Waals surface area contributed by atoms with Crippen molar-refractivity contribution in [2.24, 2.45) is 0 Å². The Bertz CT molecular complexity index is 1280. The molecule has 9 heteroatoms. The molecule has 178 valence electrons. The number of amides is 1. The molecule has 1 fully saturated rings. The number of sulfone groups is 1. The molecule has 4 rings (SSSR count). The van der Waals surface area contributed by atoms with Crippen molar-refractivity contribution in [2.75, 3.05) is 23.8 Å². The van der Waals surface area contributed by atoms with Gasteiger partial charge in [-0.25, -0.2) is 13.4 Å². The molecule has 0 N–H and O–H groups in total. The van der Waals surface area contributed by atoms with Gasteiger partial charge >= 0.3 is 0 Å². The molecule has 3 aromatic rings. The van der Waals surface area contributed by atoms with Crippen LogP contribution in [0.1, 0.15) is 24.5 Å². The van der Waals surface area contributed by atoms with E-state index < -0.39 is 9.84 Å². The van der Waals surface area contributed by atoms with E-state index in [1.165, 1.54) is 11.8 Å². The summed E-state index contributed by atoms with van der Waals surface area (Å²) in [5.41, 5.74) is 5.55. The first-order valence-corrected chi connectivity index (χ1v) is 14.1. The monoisotopic (exact) mass is 496 g/mol. The van der Waals surface area contributed by atoms with E-state index in [0.717, 1.165) is 22.3 Å². The van der Waals surface area contributed by atoms with E-state index in [9.17, 15) is 13.2 Å². The molecule has 1 aromatic heterocycles. The molecule has 1 amide bonds. The van der Waals surface area contributed by atoms with Gasteiger partial charge in [-0.2, -0.15) is 0 Å². The summed E-state index contributed by atoms with van der Waals surface area (Å²) in [7, 11) is -3.06. The van der Waals surface area contributed by atoms with E-state index in [-0.39, 0.29) is 29.2 Å². The lowest BCUT2D eigenvalue weighted by Gasteiger charge is -2.26. The van der Waals surface area contributed by atoms with Crippen LogP contribution in [-0.2, 0) is 14.6 Å². The summed E-state index contributed by atoms with van der Waals surface area (Å²) < 4.78 is 23.7. The number of carbonyl (C=O) groups excluding carboxylic acids is 1. The molecule has 0 spiro atoms. The van der Waals surface area contributed by atoms with Gasteiger partial charge in [-0.1, -0.05) is 71.4 Å². The molecule has 1 atom stereocenters. The van der Waals surface area contributed by atoms with Crippen LogP contribution < -0.4 is 0 Å². The van der Waals surface area contributed by atoms with E-state index >= 15 is 0 Å². The van der Waals surface area contributed by atoms with Gasteiger partial charge < -0.3 is 4.90 Å². The number of nitrogens with zero attached hydrogens (tertiary/aromatic N) is 4. The third-order valence-electron chi connectivity index (χ3n) is 5.95. The first kappa shape index (κ1) is 24.3. The molecular weight excluding hydrogens is 468 g/mol. The van der Waals surface area contributed by atoms with Crippen LogP contribution in [0, 0.1) is 13.8 Å². The average Bonchev–Trinajstić information content (AvgIpc) is 3.18. The highest BCUT2D eigenvalue weighted by Crippen LogP contribution is 2.30. The van der Waals surface area contributed by atoms with Crippen LogP contribution >= 0.6 is 11.8 Å². The minimum absolute atomic E-state index is 0.0398. The van der Waals surface area contributed by atoms with Crippen LogP contribution in [0.15, 0.2) is 53.7 Å². The molecular formula is C25H28N4O3S2. The third-order valence-corrected chi connectivity index (χ3v) is 8.53. The maximum atomic E-state index is 12.9. The van der Waals surface area contributed by atoms with Gasteiger partial charge in [0.15, 0.2) is 9.84 Å². The third kappa shape index (κ3) is 5.64. The Balaban J connectivity index is 1.57. The number of hydrogen-bond acceptors (Lipinski definition) is 7. The lowest BCUT2D eigenvalue weighted by molar-refractivity contribution is -0.129. The average molecular weight is 497 g/mol. The molecule has 2 heterocycles. The van der Waals surface area contributed by atoms with Gasteiger partial charge in [0.2, 0.25) is 11.1 Å². The number of carbonyl (C=O) groups is 1. The smallest absolute Gasteiger partial charge is 0.233 e. The SMILES string of the molecule is CCN(C(=O)CSc1nnc(-c2ccc(C)cc2)c(-c2ccc(C)cc2)n1)[C@@H]1CCS(=O)(=O)C1. The van der Waals surface area contributed by atoms with Gasteiger partial charge in [0, 0.05) is 23.7 Å². The summed E-state index contributed by atoms with van der Waals surface area (Å²) in [6.07, 6.45) is 0.494. The molecule has 0 aliphatic carbocycles. The molecule has 1 saturated heterocycles. The van der Waals surface area contributed by atoms with Crippen molar-refractivity contribution in [3.05, 3.63) is 59.7 Å². The zero-order valence-corrected chi connectivity index (χ0v) is 21.2. The second-order valence-electron chi connectivity index (χ2n) is 8.55. The Kier molecular flexibility index (Phi) is 7.33. The summed E-state index contributed by atoms with van der Waals surface area (Å²) in [6.45, 7) is 6.41. The van der Waals surface area contributed by atoms with Crippen molar-refractivity contribution in [3.8, 4) is 22.5 Å². The highest BCUT2D eigenvalue weighted by molar-refractivity contribution is 7.99. The lowest BCUT2D eigenvalue weighted by Crippen LogP contribution is -2.42. The Morgan fingerprint density at radius 3 is 2.09 bits per heavy atom. The Morgan fingerprint density at radius 1 is 0.971 bits per heavy atom. The summed E-state index contributed by atoms with van der Waals surface area (Å²) in [6, 6.07) is 15.9. The fraction of sp³-hybridized carbons (Fsp3) is 0.360. The molecule has 2 aromatic carbocycles. The maximum absolute atomic E-state index is 12.9. The lowest BCUT2D eigenvalue weighted by atomic mass is 10.0. The van der Waals surface area contributed by atoms with Crippen molar-refractivity contribution < 1.29 is 13.2 Å². The van der Waals surface area contributed by atoms with Crippen molar-refractivity contribution >= 4 is 27.5 Å². The highest BCUT2D eigenvalue weighted by atomic mass is 32.2. The van der Waals surface area contributed by atoms with Crippen LogP contribution in [0.25, 0.3) is 22.5 Å². The van der Waals surface area contributed by atoms with E-state index in [0.29, 0.717) is 29.5 Å². The molecule has 0 saturated carbocycles. The number of aryl methyl sites for hydroxylation is 2. The number of thioether (sulfide) groups is 1. The first-order chi connectivity index (χ1) is 16.3. The van der Waals surface area contributed by atoms with Gasteiger partial charge in [0.05, 0.1) is 17.3 Å². The van der Waals surface area contributed by atoms with E-state index in [1.807, 2.05) is 69.3 Å². The zero-order chi connectivity index (χ0) is 24.3.